The monoisotopic (exact) mass is 373 g/mol. The van der Waals surface area contributed by atoms with Crippen molar-refractivity contribution in [3.05, 3.63) is 34.6 Å². The predicted molar refractivity (Wildman–Crippen MR) is 98.3 cm³/mol. The second kappa shape index (κ2) is 8.15. The van der Waals surface area contributed by atoms with Gasteiger partial charge in [-0.2, -0.15) is 4.68 Å². The van der Waals surface area contributed by atoms with Crippen LogP contribution in [-0.2, 0) is 9.53 Å². The molecule has 1 fully saturated rings. The molecule has 2 heterocycles. The number of piperidine rings is 1. The van der Waals surface area contributed by atoms with Crippen molar-refractivity contribution in [2.75, 3.05) is 19.7 Å². The minimum Gasteiger partial charge on any atom is -0.450 e. The minimum atomic E-state index is -0.780. The van der Waals surface area contributed by atoms with E-state index in [1.54, 1.807) is 43.0 Å². The predicted octanol–water partition coefficient (Wildman–Crippen LogP) is 1.09. The van der Waals surface area contributed by atoms with Gasteiger partial charge in [0.25, 0.3) is 5.56 Å². The van der Waals surface area contributed by atoms with E-state index >= 15 is 0 Å². The van der Waals surface area contributed by atoms with Crippen LogP contribution in [0, 0.1) is 0 Å². The molecule has 2 amide bonds. The number of likely N-dealkylation sites (tertiary alicyclic amines) is 1. The number of nitrogens with one attached hydrogen (secondary N) is 1. The molecule has 27 heavy (non-hydrogen) atoms. The average Bonchev–Trinajstić information content (AvgIpc) is 2.68. The van der Waals surface area contributed by atoms with E-state index in [0.717, 1.165) is 4.68 Å². The number of carbonyl (C=O) groups is 2. The third kappa shape index (κ3) is 4.07. The fraction of sp³-hybridized carbons (Fsp3) is 0.500. The molecule has 1 aromatic heterocycles. The first-order valence-electron chi connectivity index (χ1n) is 9.07. The van der Waals surface area contributed by atoms with Crippen molar-refractivity contribution < 1.29 is 14.3 Å². The van der Waals surface area contributed by atoms with Gasteiger partial charge in [-0.05, 0) is 38.8 Å². The normalized spacial score (nSPS) is 16.1. The number of hydrogen-bond acceptors (Lipinski definition) is 6. The van der Waals surface area contributed by atoms with Gasteiger partial charge in [0.1, 0.15) is 11.6 Å². The molecule has 0 bridgehead atoms. The molecule has 1 atom stereocenters. The number of nitrogens with zero attached hydrogens (tertiary/aromatic N) is 4. The van der Waals surface area contributed by atoms with Gasteiger partial charge in [0.2, 0.25) is 5.91 Å². The van der Waals surface area contributed by atoms with Crippen LogP contribution < -0.4 is 10.9 Å². The van der Waals surface area contributed by atoms with Crippen molar-refractivity contribution in [1.82, 2.24) is 25.2 Å². The molecule has 1 aliphatic rings. The van der Waals surface area contributed by atoms with E-state index in [-0.39, 0.29) is 23.6 Å². The summed E-state index contributed by atoms with van der Waals surface area (Å²) in [5, 5.41) is 11.3. The molecule has 1 saturated heterocycles. The Morgan fingerprint density at radius 1 is 1.30 bits per heavy atom. The Morgan fingerprint density at radius 2 is 2.00 bits per heavy atom. The molecule has 9 nitrogen and oxygen atoms in total. The van der Waals surface area contributed by atoms with E-state index in [0.29, 0.717) is 43.4 Å². The van der Waals surface area contributed by atoms with Crippen molar-refractivity contribution >= 4 is 22.9 Å². The van der Waals surface area contributed by atoms with E-state index in [9.17, 15) is 14.4 Å². The molecule has 9 heteroatoms. The lowest BCUT2D eigenvalue weighted by atomic mass is 10.0. The molecule has 0 aliphatic carbocycles. The van der Waals surface area contributed by atoms with Crippen LogP contribution in [0.1, 0.15) is 32.7 Å². The zero-order valence-corrected chi connectivity index (χ0v) is 15.4. The van der Waals surface area contributed by atoms with Crippen molar-refractivity contribution in [3.8, 4) is 0 Å². The van der Waals surface area contributed by atoms with Crippen LogP contribution in [0.5, 0.6) is 0 Å². The molecule has 2 aromatic rings. The topological polar surface area (TPSA) is 106 Å². The fourth-order valence-corrected chi connectivity index (χ4v) is 3.11. The highest BCUT2D eigenvalue weighted by atomic mass is 16.6. The maximum absolute atomic E-state index is 12.6. The van der Waals surface area contributed by atoms with E-state index in [1.165, 1.54) is 0 Å². The van der Waals surface area contributed by atoms with E-state index < -0.39 is 6.04 Å². The molecule has 1 aromatic carbocycles. The van der Waals surface area contributed by atoms with Crippen molar-refractivity contribution in [3.63, 3.8) is 0 Å². The Balaban J connectivity index is 1.63. The number of benzene rings is 1. The summed E-state index contributed by atoms with van der Waals surface area (Å²) >= 11 is 0. The first kappa shape index (κ1) is 18.8. The Bertz CT molecular complexity index is 889. The van der Waals surface area contributed by atoms with Gasteiger partial charge in [-0.15, -0.1) is 5.10 Å². The molecule has 1 unspecified atom stereocenters. The van der Waals surface area contributed by atoms with Crippen molar-refractivity contribution in [1.29, 1.82) is 0 Å². The molecule has 1 N–H and O–H groups in total. The summed E-state index contributed by atoms with van der Waals surface area (Å²) in [6, 6.07) is 6.05. The lowest BCUT2D eigenvalue weighted by Crippen LogP contribution is -2.48. The van der Waals surface area contributed by atoms with E-state index in [1.807, 2.05) is 0 Å². The Kier molecular flexibility index (Phi) is 5.68. The van der Waals surface area contributed by atoms with Crippen molar-refractivity contribution in [2.24, 2.45) is 0 Å². The number of hydrogen-bond donors (Lipinski definition) is 1. The highest BCUT2D eigenvalue weighted by molar-refractivity contribution is 5.81. The summed E-state index contributed by atoms with van der Waals surface area (Å²) in [5.41, 5.74) is 0.151. The summed E-state index contributed by atoms with van der Waals surface area (Å²) in [4.78, 5) is 38.5. The largest absolute Gasteiger partial charge is 0.450 e. The lowest BCUT2D eigenvalue weighted by molar-refractivity contribution is -0.125. The van der Waals surface area contributed by atoms with Gasteiger partial charge in [0.05, 0.1) is 12.0 Å². The highest BCUT2D eigenvalue weighted by Gasteiger charge is 2.27. The summed E-state index contributed by atoms with van der Waals surface area (Å²) in [5.74, 6) is -0.295. The molecule has 0 radical (unpaired) electrons. The number of ether oxygens (including phenoxy) is 1. The molecular formula is C18H23N5O4. The Hall–Kier alpha value is -2.97. The minimum absolute atomic E-state index is 0.0604. The Morgan fingerprint density at radius 3 is 2.70 bits per heavy atom. The van der Waals surface area contributed by atoms with Gasteiger partial charge in [0, 0.05) is 19.1 Å². The number of fused-ring (bicyclic) bond motifs is 1. The third-order valence-electron chi connectivity index (χ3n) is 4.71. The van der Waals surface area contributed by atoms with Crippen molar-refractivity contribution in [2.45, 2.75) is 38.8 Å². The van der Waals surface area contributed by atoms with Crippen LogP contribution >= 0.6 is 0 Å². The van der Waals surface area contributed by atoms with Crippen LogP contribution in [-0.4, -0.2) is 57.6 Å². The molecular weight excluding hydrogens is 350 g/mol. The average molecular weight is 373 g/mol. The van der Waals surface area contributed by atoms with Gasteiger partial charge < -0.3 is 15.0 Å². The van der Waals surface area contributed by atoms with Gasteiger partial charge in [-0.1, -0.05) is 17.3 Å². The third-order valence-corrected chi connectivity index (χ3v) is 4.71. The van der Waals surface area contributed by atoms with Gasteiger partial charge in [-0.3, -0.25) is 9.59 Å². The lowest BCUT2D eigenvalue weighted by Gasteiger charge is -2.32. The molecule has 1 aliphatic heterocycles. The zero-order chi connectivity index (χ0) is 19.4. The molecule has 0 saturated carbocycles. The maximum Gasteiger partial charge on any atom is 0.409 e. The second-order valence-electron chi connectivity index (χ2n) is 6.50. The summed E-state index contributed by atoms with van der Waals surface area (Å²) in [6.45, 7) is 4.77. The molecule has 3 rings (SSSR count). The molecule has 144 valence electrons. The maximum atomic E-state index is 12.6. The smallest absolute Gasteiger partial charge is 0.409 e. The van der Waals surface area contributed by atoms with Gasteiger partial charge in [-0.25, -0.2) is 4.79 Å². The van der Waals surface area contributed by atoms with Crippen LogP contribution in [0.15, 0.2) is 29.1 Å². The summed E-state index contributed by atoms with van der Waals surface area (Å²) in [7, 11) is 0. The summed E-state index contributed by atoms with van der Waals surface area (Å²) < 4.78 is 6.09. The zero-order valence-electron chi connectivity index (χ0n) is 15.4. The van der Waals surface area contributed by atoms with Crippen LogP contribution in [0.25, 0.3) is 10.9 Å². The highest BCUT2D eigenvalue weighted by Crippen LogP contribution is 2.13. The summed E-state index contributed by atoms with van der Waals surface area (Å²) in [6.07, 6.45) is 0.944. The first-order valence-corrected chi connectivity index (χ1v) is 9.07. The number of rotatable bonds is 4. The number of aromatic nitrogens is 3. The molecule has 0 spiro atoms. The van der Waals surface area contributed by atoms with E-state index in [4.69, 9.17) is 4.74 Å². The van der Waals surface area contributed by atoms with Gasteiger partial charge in [0.15, 0.2) is 0 Å². The SMILES string of the molecule is CCOC(=O)N1CCC(NC(=O)C(C)n2nnc3ccccc3c2=O)CC1. The standard InChI is InChI=1S/C18H23N5O4/c1-3-27-18(26)22-10-8-13(9-11-22)19-16(24)12(2)23-17(25)14-6-4-5-7-15(14)20-21-23/h4-7,12-13H,3,8-11H2,1-2H3,(H,19,24). The fourth-order valence-electron chi connectivity index (χ4n) is 3.11. The van der Waals surface area contributed by atoms with Crippen LogP contribution in [0.2, 0.25) is 0 Å². The second-order valence-corrected chi connectivity index (χ2v) is 6.50. The van der Waals surface area contributed by atoms with Crippen LogP contribution in [0.3, 0.4) is 0 Å². The van der Waals surface area contributed by atoms with Gasteiger partial charge >= 0.3 is 6.09 Å². The first-order chi connectivity index (χ1) is 13.0. The quantitative estimate of drug-likeness (QED) is 0.860. The Labute approximate surface area is 156 Å². The van der Waals surface area contributed by atoms with Crippen LogP contribution in [0.4, 0.5) is 4.79 Å². The number of amides is 2. The van der Waals surface area contributed by atoms with E-state index in [2.05, 4.69) is 15.6 Å². The number of carbonyl (C=O) groups excluding carboxylic acids is 2.